The zero-order valence-corrected chi connectivity index (χ0v) is 7.20. The fraction of sp³-hybridized carbons (Fsp3) is 0.400. The molecule has 0 saturated carbocycles. The summed E-state index contributed by atoms with van der Waals surface area (Å²) in [6.07, 6.45) is 0.372. The summed E-state index contributed by atoms with van der Waals surface area (Å²) in [5, 5.41) is 12.4. The third-order valence-electron chi connectivity index (χ3n) is 2.36. The van der Waals surface area contributed by atoms with Crippen molar-refractivity contribution in [1.29, 1.82) is 0 Å². The zero-order chi connectivity index (χ0) is 9.26. The maximum absolute atomic E-state index is 12.8. The Bertz CT molecular complexity index is 303. The largest absolute Gasteiger partial charge is 0.392 e. The van der Waals surface area contributed by atoms with Crippen molar-refractivity contribution in [3.8, 4) is 0 Å². The van der Waals surface area contributed by atoms with Gasteiger partial charge in [-0.2, -0.15) is 0 Å². The van der Waals surface area contributed by atoms with E-state index >= 15 is 0 Å². The third kappa shape index (κ3) is 1.87. The van der Waals surface area contributed by atoms with Crippen LogP contribution in [0.25, 0.3) is 0 Å². The number of β-amino-alcohol motifs (C(OH)–C–C–N with tert-alkyl or cyclic N) is 1. The molecule has 2 rings (SSSR count). The molecule has 1 saturated heterocycles. The lowest BCUT2D eigenvalue weighted by Crippen LogP contribution is -2.14. The van der Waals surface area contributed by atoms with Gasteiger partial charge in [-0.3, -0.25) is 0 Å². The Kier molecular flexibility index (Phi) is 2.29. The number of hydrogen-bond acceptors (Lipinski definition) is 2. The third-order valence-corrected chi connectivity index (χ3v) is 2.36. The average Bonchev–Trinajstić information content (AvgIpc) is 2.52. The summed E-state index contributed by atoms with van der Waals surface area (Å²) in [5.41, 5.74) is 0.913. The van der Waals surface area contributed by atoms with Crippen LogP contribution < -0.4 is 5.32 Å². The van der Waals surface area contributed by atoms with Gasteiger partial charge in [0.1, 0.15) is 5.82 Å². The van der Waals surface area contributed by atoms with Gasteiger partial charge in [0.25, 0.3) is 0 Å². The molecule has 70 valence electrons. The van der Waals surface area contributed by atoms with Crippen molar-refractivity contribution in [3.05, 3.63) is 35.6 Å². The molecular weight excluding hydrogens is 169 g/mol. The summed E-state index contributed by atoms with van der Waals surface area (Å²) in [4.78, 5) is 0. The van der Waals surface area contributed by atoms with E-state index in [0.717, 1.165) is 5.56 Å². The van der Waals surface area contributed by atoms with Crippen LogP contribution in [-0.2, 0) is 0 Å². The number of rotatable bonds is 1. The molecule has 0 bridgehead atoms. The van der Waals surface area contributed by atoms with Crippen LogP contribution in [0.15, 0.2) is 24.3 Å². The molecule has 2 N–H and O–H groups in total. The molecule has 1 aliphatic heterocycles. The van der Waals surface area contributed by atoms with Crippen LogP contribution in [0.1, 0.15) is 18.0 Å². The number of aliphatic hydroxyl groups is 1. The Balaban J connectivity index is 2.16. The van der Waals surface area contributed by atoms with Crippen LogP contribution in [0.2, 0.25) is 0 Å². The second-order valence-corrected chi connectivity index (χ2v) is 3.41. The van der Waals surface area contributed by atoms with Crippen molar-refractivity contribution in [1.82, 2.24) is 5.32 Å². The van der Waals surface area contributed by atoms with Crippen molar-refractivity contribution < 1.29 is 9.50 Å². The molecule has 0 radical (unpaired) electrons. The summed E-state index contributed by atoms with van der Waals surface area (Å²) >= 11 is 0. The van der Waals surface area contributed by atoms with Crippen LogP contribution in [0.4, 0.5) is 4.39 Å². The minimum absolute atomic E-state index is 0.102. The number of aliphatic hydroxyl groups excluding tert-OH is 1. The molecule has 2 nitrogen and oxygen atoms in total. The van der Waals surface area contributed by atoms with Crippen molar-refractivity contribution in [2.45, 2.75) is 18.6 Å². The van der Waals surface area contributed by atoms with E-state index in [2.05, 4.69) is 5.32 Å². The van der Waals surface area contributed by atoms with Crippen LogP contribution in [-0.4, -0.2) is 17.8 Å². The normalized spacial score (nSPS) is 27.8. The van der Waals surface area contributed by atoms with Gasteiger partial charge in [0.2, 0.25) is 0 Å². The quantitative estimate of drug-likeness (QED) is 0.682. The van der Waals surface area contributed by atoms with E-state index in [1.807, 2.05) is 6.07 Å². The predicted octanol–water partition coefficient (Wildman–Crippen LogP) is 1.22. The number of hydrogen-bond donors (Lipinski definition) is 2. The number of nitrogens with one attached hydrogen (secondary N) is 1. The molecule has 2 atom stereocenters. The molecule has 1 aromatic carbocycles. The molecule has 0 aliphatic carbocycles. The first-order valence-electron chi connectivity index (χ1n) is 4.42. The van der Waals surface area contributed by atoms with Gasteiger partial charge in [-0.1, -0.05) is 12.1 Å². The van der Waals surface area contributed by atoms with Gasteiger partial charge in [0, 0.05) is 12.6 Å². The number of halogens is 1. The van der Waals surface area contributed by atoms with Gasteiger partial charge in [0.15, 0.2) is 0 Å². The van der Waals surface area contributed by atoms with E-state index in [0.29, 0.717) is 13.0 Å². The van der Waals surface area contributed by atoms with Crippen LogP contribution in [0.3, 0.4) is 0 Å². The van der Waals surface area contributed by atoms with Crippen LogP contribution >= 0.6 is 0 Å². The zero-order valence-electron chi connectivity index (χ0n) is 7.20. The van der Waals surface area contributed by atoms with Crippen molar-refractivity contribution >= 4 is 0 Å². The molecule has 1 aromatic rings. The Labute approximate surface area is 76.4 Å². The lowest BCUT2D eigenvalue weighted by Gasteiger charge is -2.09. The lowest BCUT2D eigenvalue weighted by atomic mass is 10.0. The Morgan fingerprint density at radius 1 is 1.46 bits per heavy atom. The summed E-state index contributed by atoms with van der Waals surface area (Å²) in [6.45, 7) is 0.598. The topological polar surface area (TPSA) is 32.3 Å². The summed E-state index contributed by atoms with van der Waals surface area (Å²) < 4.78 is 12.8. The van der Waals surface area contributed by atoms with Gasteiger partial charge in [-0.05, 0) is 24.1 Å². The molecule has 1 fully saturated rings. The van der Waals surface area contributed by atoms with E-state index in [4.69, 9.17) is 0 Å². The SMILES string of the molecule is O[C@@H]1CN[C@@H](c2cccc(F)c2)C1. The van der Waals surface area contributed by atoms with Gasteiger partial charge in [-0.25, -0.2) is 4.39 Å². The highest BCUT2D eigenvalue weighted by molar-refractivity contribution is 5.21. The molecule has 1 aliphatic rings. The summed E-state index contributed by atoms with van der Waals surface area (Å²) in [5.74, 6) is -0.222. The molecule has 0 spiro atoms. The highest BCUT2D eigenvalue weighted by Gasteiger charge is 2.23. The van der Waals surface area contributed by atoms with Crippen LogP contribution in [0, 0.1) is 5.82 Å². The van der Waals surface area contributed by atoms with Crippen molar-refractivity contribution in [3.63, 3.8) is 0 Å². The molecule has 13 heavy (non-hydrogen) atoms. The maximum Gasteiger partial charge on any atom is 0.123 e. The second kappa shape index (κ2) is 3.44. The monoisotopic (exact) mass is 181 g/mol. The summed E-state index contributed by atoms with van der Waals surface area (Å²) in [7, 11) is 0. The predicted molar refractivity (Wildman–Crippen MR) is 47.8 cm³/mol. The Hall–Kier alpha value is -0.930. The van der Waals surface area contributed by atoms with Gasteiger partial charge >= 0.3 is 0 Å². The first-order chi connectivity index (χ1) is 6.25. The van der Waals surface area contributed by atoms with E-state index in [1.165, 1.54) is 12.1 Å². The smallest absolute Gasteiger partial charge is 0.123 e. The van der Waals surface area contributed by atoms with E-state index < -0.39 is 0 Å². The molecular formula is C10H12FNO. The number of benzene rings is 1. The second-order valence-electron chi connectivity index (χ2n) is 3.41. The van der Waals surface area contributed by atoms with Gasteiger partial charge in [0.05, 0.1) is 6.10 Å². The fourth-order valence-corrected chi connectivity index (χ4v) is 1.69. The average molecular weight is 181 g/mol. The van der Waals surface area contributed by atoms with Crippen molar-refractivity contribution in [2.75, 3.05) is 6.54 Å². The lowest BCUT2D eigenvalue weighted by molar-refractivity contribution is 0.193. The first kappa shape index (κ1) is 8.66. The van der Waals surface area contributed by atoms with E-state index in [9.17, 15) is 9.50 Å². The first-order valence-corrected chi connectivity index (χ1v) is 4.42. The molecule has 0 unspecified atom stereocenters. The van der Waals surface area contributed by atoms with Crippen molar-refractivity contribution in [2.24, 2.45) is 0 Å². The molecule has 0 amide bonds. The van der Waals surface area contributed by atoms with E-state index in [-0.39, 0.29) is 18.0 Å². The summed E-state index contributed by atoms with van der Waals surface area (Å²) in [6, 6.07) is 6.60. The Morgan fingerprint density at radius 3 is 2.92 bits per heavy atom. The minimum atomic E-state index is -0.298. The van der Waals surface area contributed by atoms with E-state index in [1.54, 1.807) is 6.07 Å². The highest BCUT2D eigenvalue weighted by atomic mass is 19.1. The van der Waals surface area contributed by atoms with Crippen LogP contribution in [0.5, 0.6) is 0 Å². The maximum atomic E-state index is 12.8. The molecule has 3 heteroatoms. The van der Waals surface area contributed by atoms with Gasteiger partial charge in [-0.15, -0.1) is 0 Å². The molecule has 0 aromatic heterocycles. The molecule has 1 heterocycles. The minimum Gasteiger partial charge on any atom is -0.392 e. The van der Waals surface area contributed by atoms with Gasteiger partial charge < -0.3 is 10.4 Å². The standard InChI is InChI=1S/C10H12FNO/c11-8-3-1-2-7(4-8)10-5-9(13)6-12-10/h1-4,9-10,12-13H,5-6H2/t9-,10+/m0/s1. The fourth-order valence-electron chi connectivity index (χ4n) is 1.69. The Morgan fingerprint density at radius 2 is 2.31 bits per heavy atom. The highest BCUT2D eigenvalue weighted by Crippen LogP contribution is 2.23.